The molecular formula is H8K2Na2O2. The van der Waals surface area contributed by atoms with Gasteiger partial charge in [-0.2, -0.15) is 0 Å². The van der Waals surface area contributed by atoms with Crippen molar-refractivity contribution in [3.05, 3.63) is 0 Å². The van der Waals surface area contributed by atoms with E-state index in [1.54, 1.807) is 0 Å². The number of rotatable bonds is 0. The van der Waals surface area contributed by atoms with Crippen molar-refractivity contribution in [3.63, 3.8) is 0 Å². The second-order valence-corrected chi connectivity index (χ2v) is 0. The van der Waals surface area contributed by atoms with Crippen LogP contribution in [0.1, 0.15) is 5.71 Å². The van der Waals surface area contributed by atoms with Crippen molar-refractivity contribution in [2.45, 2.75) is 0 Å². The Morgan fingerprint density at radius 3 is 0.667 bits per heavy atom. The summed E-state index contributed by atoms with van der Waals surface area (Å²) < 4.78 is 0. The number of hydrogen-bond acceptors (Lipinski definition) is 0. The molecule has 6 heteroatoms. The zero-order valence-electron chi connectivity index (χ0n) is 9.00. The van der Waals surface area contributed by atoms with E-state index in [-0.39, 0.29) is 179 Å². The Balaban J connectivity index is 0. The van der Waals surface area contributed by atoms with Crippen LogP contribution in [-0.4, -0.2) is 11.0 Å². The molecule has 0 fully saturated rings. The molecule has 0 aromatic rings. The first-order valence-corrected chi connectivity index (χ1v) is 0. The quantitative estimate of drug-likeness (QED) is 0.319. The molecule has 0 unspecified atom stereocenters. The zero-order chi connectivity index (χ0) is 0. The Kier molecular flexibility index (Phi) is 230. The Hall–Kier alpha value is 5.19. The van der Waals surface area contributed by atoms with E-state index in [1.807, 2.05) is 0 Å². The second-order valence-electron chi connectivity index (χ2n) is 0. The SMILES string of the molecule is O.O.[H-].[H-].[H-].[H-].[K+].[K+].[Na+].[Na+]. The van der Waals surface area contributed by atoms with Gasteiger partial charge in [0.1, 0.15) is 0 Å². The summed E-state index contributed by atoms with van der Waals surface area (Å²) in [4.78, 5) is 0. The van der Waals surface area contributed by atoms with E-state index < -0.39 is 0 Å². The molecule has 0 aliphatic carbocycles. The van der Waals surface area contributed by atoms with Gasteiger partial charge in [-0.25, -0.2) is 0 Å². The normalized spacial score (nSPS) is 0. The minimum absolute atomic E-state index is 0. The van der Waals surface area contributed by atoms with E-state index in [2.05, 4.69) is 0 Å². The maximum absolute atomic E-state index is 0. The van der Waals surface area contributed by atoms with E-state index in [9.17, 15) is 0 Å². The second kappa shape index (κ2) is 31.9. The average molecular weight is 164 g/mol. The summed E-state index contributed by atoms with van der Waals surface area (Å²) in [6.45, 7) is 0. The molecule has 0 heterocycles. The Morgan fingerprint density at radius 1 is 0.667 bits per heavy atom. The van der Waals surface area contributed by atoms with Crippen LogP contribution in [-0.2, 0) is 0 Å². The van der Waals surface area contributed by atoms with Gasteiger partial charge >= 0.3 is 162 Å². The van der Waals surface area contributed by atoms with Crippen LogP contribution < -0.4 is 162 Å². The molecular weight excluding hydrogens is 156 g/mol. The van der Waals surface area contributed by atoms with Gasteiger partial charge in [-0.05, 0) is 0 Å². The Labute approximate surface area is 173 Å². The molecule has 0 aliphatic rings. The van der Waals surface area contributed by atoms with Gasteiger partial charge in [0, 0.05) is 0 Å². The molecule has 0 saturated carbocycles. The molecule has 0 radical (unpaired) electrons. The smallest absolute Gasteiger partial charge is 1.00 e. The summed E-state index contributed by atoms with van der Waals surface area (Å²) in [5.74, 6) is 0. The Morgan fingerprint density at radius 2 is 0.667 bits per heavy atom. The van der Waals surface area contributed by atoms with Crippen molar-refractivity contribution >= 4 is 0 Å². The summed E-state index contributed by atoms with van der Waals surface area (Å²) in [6, 6.07) is 0. The van der Waals surface area contributed by atoms with Gasteiger partial charge in [-0.15, -0.1) is 0 Å². The van der Waals surface area contributed by atoms with Gasteiger partial charge in [0.25, 0.3) is 0 Å². The summed E-state index contributed by atoms with van der Waals surface area (Å²) in [7, 11) is 0. The third-order valence-electron chi connectivity index (χ3n) is 0. The van der Waals surface area contributed by atoms with Crippen molar-refractivity contribution < 1.29 is 179 Å². The minimum Gasteiger partial charge on any atom is -1.00 e. The molecule has 0 spiro atoms. The summed E-state index contributed by atoms with van der Waals surface area (Å²) >= 11 is 0. The van der Waals surface area contributed by atoms with Gasteiger partial charge in [0.05, 0.1) is 0 Å². The monoisotopic (exact) mass is 164 g/mol. The first-order chi connectivity index (χ1) is 0. The fraction of sp³-hybridized carbons (Fsp3) is 0. The molecule has 0 rings (SSSR count). The van der Waals surface area contributed by atoms with Crippen LogP contribution in [0.3, 0.4) is 0 Å². The first-order valence-electron chi connectivity index (χ1n) is 0. The van der Waals surface area contributed by atoms with E-state index in [0.717, 1.165) is 0 Å². The Bertz CT molecular complexity index is 19.2. The first kappa shape index (κ1) is 43.1. The van der Waals surface area contributed by atoms with Gasteiger partial charge < -0.3 is 16.7 Å². The van der Waals surface area contributed by atoms with Crippen LogP contribution in [0.5, 0.6) is 0 Å². The largest absolute Gasteiger partial charge is 1.00 e. The van der Waals surface area contributed by atoms with E-state index in [1.165, 1.54) is 0 Å². The molecule has 0 aromatic heterocycles. The van der Waals surface area contributed by atoms with Crippen LogP contribution in [0.2, 0.25) is 0 Å². The van der Waals surface area contributed by atoms with E-state index in [4.69, 9.17) is 0 Å². The van der Waals surface area contributed by atoms with Crippen molar-refractivity contribution in [2.24, 2.45) is 0 Å². The topological polar surface area (TPSA) is 63.0 Å². The van der Waals surface area contributed by atoms with E-state index >= 15 is 0 Å². The molecule has 0 aromatic carbocycles. The van der Waals surface area contributed by atoms with Crippen LogP contribution in [0.15, 0.2) is 0 Å². The third kappa shape index (κ3) is 22.9. The van der Waals surface area contributed by atoms with Crippen molar-refractivity contribution in [1.82, 2.24) is 0 Å². The predicted octanol–water partition coefficient (Wildman–Crippen LogP) is -13.2. The average Bonchev–Trinajstić information content (AvgIpc) is 0. The molecule has 0 atom stereocenters. The predicted molar refractivity (Wildman–Crippen MR) is 11.7 cm³/mol. The fourth-order valence-corrected chi connectivity index (χ4v) is 0. The molecule has 0 saturated heterocycles. The summed E-state index contributed by atoms with van der Waals surface area (Å²) in [5, 5.41) is 0. The molecule has 24 valence electrons. The van der Waals surface area contributed by atoms with Crippen molar-refractivity contribution in [2.75, 3.05) is 0 Å². The van der Waals surface area contributed by atoms with Crippen molar-refractivity contribution in [1.29, 1.82) is 0 Å². The molecule has 4 N–H and O–H groups in total. The van der Waals surface area contributed by atoms with Gasteiger partial charge in [0.15, 0.2) is 0 Å². The van der Waals surface area contributed by atoms with Crippen LogP contribution >= 0.6 is 0 Å². The van der Waals surface area contributed by atoms with Crippen LogP contribution in [0.25, 0.3) is 0 Å². The van der Waals surface area contributed by atoms with Gasteiger partial charge in [-0.3, -0.25) is 0 Å². The molecule has 2 nitrogen and oxygen atoms in total. The maximum atomic E-state index is 0. The fourth-order valence-electron chi connectivity index (χ4n) is 0. The van der Waals surface area contributed by atoms with Gasteiger partial charge in [-0.1, -0.05) is 0 Å². The third-order valence-corrected chi connectivity index (χ3v) is 0. The number of hydrogen-bond donors (Lipinski definition) is 0. The molecule has 0 amide bonds. The summed E-state index contributed by atoms with van der Waals surface area (Å²) in [6.07, 6.45) is 0. The maximum Gasteiger partial charge on any atom is 1.00 e. The summed E-state index contributed by atoms with van der Waals surface area (Å²) in [5.41, 5.74) is 0. The van der Waals surface area contributed by atoms with Crippen LogP contribution in [0, 0.1) is 0 Å². The molecule has 0 bridgehead atoms. The minimum atomic E-state index is 0. The van der Waals surface area contributed by atoms with Crippen molar-refractivity contribution in [3.8, 4) is 0 Å². The molecule has 0 aliphatic heterocycles. The zero-order valence-corrected chi connectivity index (χ0v) is 15.2. The van der Waals surface area contributed by atoms with E-state index in [0.29, 0.717) is 0 Å². The molecule has 6 heavy (non-hydrogen) atoms. The standard InChI is InChI=1S/2K.2Na.2H2O.4H/h;;;;2*1H2;;;;/q4*+1;;;4*-1. The van der Waals surface area contributed by atoms with Crippen LogP contribution in [0.4, 0.5) is 0 Å². The van der Waals surface area contributed by atoms with Gasteiger partial charge in [0.2, 0.25) is 0 Å².